The van der Waals surface area contributed by atoms with Gasteiger partial charge in [0.25, 0.3) is 5.56 Å². The van der Waals surface area contributed by atoms with Gasteiger partial charge >= 0.3 is 0 Å². The van der Waals surface area contributed by atoms with E-state index in [0.717, 1.165) is 24.4 Å². The fourth-order valence-corrected chi connectivity index (χ4v) is 6.30. The molecule has 8 rings (SSSR count). The first kappa shape index (κ1) is 25.7. The molecule has 0 atom stereocenters. The van der Waals surface area contributed by atoms with Gasteiger partial charge in [0, 0.05) is 23.4 Å². The quantitative estimate of drug-likeness (QED) is 0.242. The molecule has 1 saturated carbocycles. The number of hydrogen-bond acceptors (Lipinski definition) is 3. The Morgan fingerprint density at radius 3 is 2.51 bits per heavy atom. The van der Waals surface area contributed by atoms with Crippen molar-refractivity contribution in [2.45, 2.75) is 57.5 Å². The van der Waals surface area contributed by atoms with Crippen molar-refractivity contribution in [3.05, 3.63) is 141 Å². The van der Waals surface area contributed by atoms with Crippen LogP contribution in [0.1, 0.15) is 59.9 Å². The van der Waals surface area contributed by atoms with Gasteiger partial charge in [-0.2, -0.15) is 5.10 Å². The third-order valence-electron chi connectivity index (χ3n) is 8.65. The lowest BCUT2D eigenvalue weighted by atomic mass is 9.78. The highest BCUT2D eigenvalue weighted by atomic mass is 16.1. The van der Waals surface area contributed by atoms with E-state index in [1.165, 1.54) is 77.1 Å². The predicted molar refractivity (Wildman–Crippen MR) is 169 cm³/mol. The molecule has 0 unspecified atom stereocenters. The summed E-state index contributed by atoms with van der Waals surface area (Å²) in [6, 6.07) is 28.9. The van der Waals surface area contributed by atoms with E-state index in [9.17, 15) is 4.79 Å². The Morgan fingerprint density at radius 1 is 0.829 bits per heavy atom. The highest BCUT2D eigenvalue weighted by Crippen LogP contribution is 2.41. The van der Waals surface area contributed by atoms with Crippen LogP contribution < -0.4 is 10.9 Å². The van der Waals surface area contributed by atoms with E-state index in [1.807, 2.05) is 18.2 Å². The first-order chi connectivity index (χ1) is 20.2. The Hall–Kier alpha value is -4.28. The Bertz CT molecular complexity index is 1840. The molecule has 3 aliphatic carbocycles. The van der Waals surface area contributed by atoms with Gasteiger partial charge in [-0.05, 0) is 95.2 Å². The average Bonchev–Trinajstić information content (AvgIpc) is 3.86. The van der Waals surface area contributed by atoms with Crippen molar-refractivity contribution in [1.29, 1.82) is 0 Å². The van der Waals surface area contributed by atoms with Crippen molar-refractivity contribution in [2.75, 3.05) is 0 Å². The number of aryl methyl sites for hydroxylation is 1. The zero-order valence-electron chi connectivity index (χ0n) is 23.3. The van der Waals surface area contributed by atoms with Crippen LogP contribution >= 0.6 is 0 Å². The Kier molecular flexibility index (Phi) is 7.08. The molecule has 4 aromatic carbocycles. The molecule has 0 aliphatic heterocycles. The van der Waals surface area contributed by atoms with E-state index >= 15 is 0 Å². The molecular weight excluding hydrogens is 502 g/mol. The minimum absolute atomic E-state index is 0.136. The summed E-state index contributed by atoms with van der Waals surface area (Å²) < 4.78 is 0. The normalized spacial score (nSPS) is 15.8. The van der Waals surface area contributed by atoms with Gasteiger partial charge in [-0.25, -0.2) is 5.10 Å². The van der Waals surface area contributed by atoms with Gasteiger partial charge in [0.15, 0.2) is 0 Å². The SMILES string of the molecule is C1=CC2=C(CC1)CCc1c2ccc2cccc(Cc3ccc(CNC4CC4)cc3)c12.O=c1[nH]ncc2ccccc12. The molecule has 1 fully saturated rings. The number of aromatic nitrogens is 2. The molecule has 204 valence electrons. The second kappa shape index (κ2) is 11.3. The van der Waals surface area contributed by atoms with E-state index in [1.54, 1.807) is 23.4 Å². The number of benzene rings is 4. The van der Waals surface area contributed by atoms with Gasteiger partial charge in [-0.3, -0.25) is 4.79 Å². The summed E-state index contributed by atoms with van der Waals surface area (Å²) in [6.45, 7) is 0.998. The minimum atomic E-state index is -0.136. The molecule has 41 heavy (non-hydrogen) atoms. The number of allylic oxidation sites excluding steroid dienone is 4. The number of hydrogen-bond donors (Lipinski definition) is 2. The predicted octanol–water partition coefficient (Wildman–Crippen LogP) is 7.66. The van der Waals surface area contributed by atoms with Crippen molar-refractivity contribution >= 4 is 27.1 Å². The maximum Gasteiger partial charge on any atom is 0.272 e. The van der Waals surface area contributed by atoms with Gasteiger partial charge in [-0.15, -0.1) is 0 Å². The van der Waals surface area contributed by atoms with E-state index < -0.39 is 0 Å². The lowest BCUT2D eigenvalue weighted by Gasteiger charge is -2.26. The van der Waals surface area contributed by atoms with E-state index in [2.05, 4.69) is 82.3 Å². The van der Waals surface area contributed by atoms with E-state index in [0.29, 0.717) is 5.39 Å². The summed E-state index contributed by atoms with van der Waals surface area (Å²) in [4.78, 5) is 11.1. The summed E-state index contributed by atoms with van der Waals surface area (Å²) in [7, 11) is 0. The zero-order chi connectivity index (χ0) is 27.6. The summed E-state index contributed by atoms with van der Waals surface area (Å²) in [5.74, 6) is 0. The van der Waals surface area contributed by atoms with Crippen molar-refractivity contribution in [3.63, 3.8) is 0 Å². The zero-order valence-corrected chi connectivity index (χ0v) is 23.3. The first-order valence-corrected chi connectivity index (χ1v) is 14.9. The number of nitrogens with zero attached hydrogens (tertiary/aromatic N) is 1. The molecule has 2 N–H and O–H groups in total. The fourth-order valence-electron chi connectivity index (χ4n) is 6.30. The summed E-state index contributed by atoms with van der Waals surface area (Å²) in [6.07, 6.45) is 14.9. The second-order valence-corrected chi connectivity index (χ2v) is 11.5. The molecule has 1 aromatic heterocycles. The molecule has 4 nitrogen and oxygen atoms in total. The molecular formula is C37H35N3O. The van der Waals surface area contributed by atoms with Gasteiger partial charge in [0.05, 0.1) is 6.20 Å². The third-order valence-corrected chi connectivity index (χ3v) is 8.65. The smallest absolute Gasteiger partial charge is 0.272 e. The van der Waals surface area contributed by atoms with Crippen molar-refractivity contribution < 1.29 is 0 Å². The van der Waals surface area contributed by atoms with Crippen molar-refractivity contribution in [3.8, 4) is 0 Å². The maximum atomic E-state index is 11.1. The average molecular weight is 538 g/mol. The van der Waals surface area contributed by atoms with Crippen LogP contribution in [0, 0.1) is 0 Å². The number of aromatic amines is 1. The Labute approximate surface area is 240 Å². The monoisotopic (exact) mass is 537 g/mol. The van der Waals surface area contributed by atoms with Gasteiger partial charge in [0.2, 0.25) is 0 Å². The summed E-state index contributed by atoms with van der Waals surface area (Å²) >= 11 is 0. The first-order valence-electron chi connectivity index (χ1n) is 14.9. The topological polar surface area (TPSA) is 57.8 Å². The Balaban J connectivity index is 0.000000210. The molecule has 1 heterocycles. The standard InChI is InChI=1S/C29H29N.C8H6N2O/c1-2-7-26-22(4-1)12-17-28-27(26)16-13-23-5-3-6-24(29(23)28)18-20-8-10-21(11-9-20)19-30-25-14-15-25;11-8-7-4-2-1-3-6(7)5-9-10-8/h2-3,5-11,13,16,25,30H,1,4,12,14-15,17-19H2;1-5H,(H,10,11). The molecule has 0 saturated heterocycles. The van der Waals surface area contributed by atoms with Crippen LogP contribution in [0.4, 0.5) is 0 Å². The van der Waals surface area contributed by atoms with Gasteiger partial charge in [-0.1, -0.05) is 90.5 Å². The third kappa shape index (κ3) is 5.53. The highest BCUT2D eigenvalue weighted by molar-refractivity contribution is 5.96. The molecule has 3 aliphatic rings. The number of nitrogens with one attached hydrogen (secondary N) is 2. The molecule has 0 bridgehead atoms. The number of rotatable bonds is 5. The van der Waals surface area contributed by atoms with Crippen LogP contribution in [-0.2, 0) is 19.4 Å². The van der Waals surface area contributed by atoms with E-state index in [4.69, 9.17) is 0 Å². The van der Waals surface area contributed by atoms with Crippen LogP contribution in [0.15, 0.2) is 108 Å². The van der Waals surface area contributed by atoms with Crippen LogP contribution in [0.25, 0.3) is 27.1 Å². The minimum Gasteiger partial charge on any atom is -0.310 e. The molecule has 5 aromatic rings. The molecule has 4 heteroatoms. The van der Waals surface area contributed by atoms with Crippen LogP contribution in [0.3, 0.4) is 0 Å². The maximum absolute atomic E-state index is 11.1. The molecule has 0 radical (unpaired) electrons. The second-order valence-electron chi connectivity index (χ2n) is 11.5. The largest absolute Gasteiger partial charge is 0.310 e. The number of fused-ring (bicyclic) bond motifs is 5. The van der Waals surface area contributed by atoms with Crippen LogP contribution in [0.2, 0.25) is 0 Å². The fraction of sp³-hybridized carbons (Fsp3) is 0.243. The lowest BCUT2D eigenvalue weighted by Crippen LogP contribution is -2.15. The van der Waals surface area contributed by atoms with Gasteiger partial charge in [0.1, 0.15) is 0 Å². The molecule has 0 spiro atoms. The van der Waals surface area contributed by atoms with Gasteiger partial charge < -0.3 is 5.32 Å². The summed E-state index contributed by atoms with van der Waals surface area (Å²) in [5.41, 5.74) is 10.4. The van der Waals surface area contributed by atoms with Crippen molar-refractivity contribution in [1.82, 2.24) is 15.5 Å². The lowest BCUT2D eigenvalue weighted by molar-refractivity contribution is 0.687. The highest BCUT2D eigenvalue weighted by Gasteiger charge is 2.22. The van der Waals surface area contributed by atoms with Crippen LogP contribution in [0.5, 0.6) is 0 Å². The van der Waals surface area contributed by atoms with Crippen LogP contribution in [-0.4, -0.2) is 16.2 Å². The Morgan fingerprint density at radius 2 is 1.66 bits per heavy atom. The van der Waals surface area contributed by atoms with E-state index in [-0.39, 0.29) is 5.56 Å². The number of H-pyrrole nitrogens is 1. The summed E-state index contributed by atoms with van der Waals surface area (Å²) in [5, 5.41) is 14.1. The molecule has 0 amide bonds. The van der Waals surface area contributed by atoms with Crippen molar-refractivity contribution in [2.24, 2.45) is 0 Å².